The van der Waals surface area contributed by atoms with E-state index in [-0.39, 0.29) is 24.2 Å². The zero-order valence-electron chi connectivity index (χ0n) is 17.4. The van der Waals surface area contributed by atoms with E-state index in [9.17, 15) is 14.0 Å². The van der Waals surface area contributed by atoms with Crippen LogP contribution in [-0.2, 0) is 22.6 Å². The SMILES string of the molecule is CCCCCNC(=O)C(Cc1ccccc1)N(Cc1ccc(F)cc1)C(=O)CC. The number of amides is 2. The molecule has 1 unspecified atom stereocenters. The highest BCUT2D eigenvalue weighted by Crippen LogP contribution is 2.16. The average molecular weight is 399 g/mol. The van der Waals surface area contributed by atoms with Crippen molar-refractivity contribution < 1.29 is 14.0 Å². The normalized spacial score (nSPS) is 11.7. The van der Waals surface area contributed by atoms with Crippen LogP contribution in [-0.4, -0.2) is 29.3 Å². The van der Waals surface area contributed by atoms with E-state index in [1.54, 1.807) is 24.0 Å². The quantitative estimate of drug-likeness (QED) is 0.567. The van der Waals surface area contributed by atoms with Gasteiger partial charge in [0.15, 0.2) is 0 Å². The van der Waals surface area contributed by atoms with Gasteiger partial charge in [0.2, 0.25) is 11.8 Å². The van der Waals surface area contributed by atoms with Gasteiger partial charge >= 0.3 is 0 Å². The van der Waals surface area contributed by atoms with Gasteiger partial charge in [0.05, 0.1) is 0 Å². The molecule has 1 atom stereocenters. The number of nitrogens with one attached hydrogen (secondary N) is 1. The number of rotatable bonds is 11. The Morgan fingerprint density at radius 2 is 1.66 bits per heavy atom. The van der Waals surface area contributed by atoms with Gasteiger partial charge in [-0.3, -0.25) is 9.59 Å². The molecule has 5 heteroatoms. The second-order valence-corrected chi connectivity index (χ2v) is 7.21. The summed E-state index contributed by atoms with van der Waals surface area (Å²) in [6.07, 6.45) is 3.79. The van der Waals surface area contributed by atoms with E-state index >= 15 is 0 Å². The highest BCUT2D eigenvalue weighted by atomic mass is 19.1. The number of carbonyl (C=O) groups excluding carboxylic acids is 2. The maximum Gasteiger partial charge on any atom is 0.243 e. The van der Waals surface area contributed by atoms with Crippen molar-refractivity contribution in [3.63, 3.8) is 0 Å². The molecule has 0 aliphatic heterocycles. The first-order valence-electron chi connectivity index (χ1n) is 10.4. The molecule has 0 aromatic heterocycles. The second-order valence-electron chi connectivity index (χ2n) is 7.21. The molecule has 4 nitrogen and oxygen atoms in total. The van der Waals surface area contributed by atoms with Gasteiger partial charge in [-0.2, -0.15) is 0 Å². The first kappa shape index (κ1) is 22.6. The van der Waals surface area contributed by atoms with Gasteiger partial charge < -0.3 is 10.2 Å². The van der Waals surface area contributed by atoms with Crippen molar-refractivity contribution in [3.05, 3.63) is 71.5 Å². The lowest BCUT2D eigenvalue weighted by Gasteiger charge is -2.31. The molecule has 0 fully saturated rings. The molecule has 0 spiro atoms. The maximum atomic E-state index is 13.3. The standard InChI is InChI=1S/C24H31FN2O2/c1-3-5-9-16-26-24(29)22(17-19-10-7-6-8-11-19)27(23(28)4-2)18-20-12-14-21(25)15-13-20/h6-8,10-15,22H,3-5,9,16-18H2,1-2H3,(H,26,29). The van der Waals surface area contributed by atoms with E-state index in [4.69, 9.17) is 0 Å². The van der Waals surface area contributed by atoms with E-state index in [0.717, 1.165) is 30.4 Å². The van der Waals surface area contributed by atoms with E-state index in [2.05, 4.69) is 12.2 Å². The molecule has 2 aromatic rings. The fraction of sp³-hybridized carbons (Fsp3) is 0.417. The number of unbranched alkanes of at least 4 members (excludes halogenated alkanes) is 2. The molecule has 29 heavy (non-hydrogen) atoms. The first-order valence-corrected chi connectivity index (χ1v) is 10.4. The van der Waals surface area contributed by atoms with Gasteiger partial charge in [0.1, 0.15) is 11.9 Å². The third kappa shape index (κ3) is 7.33. The molecule has 0 saturated carbocycles. The zero-order chi connectivity index (χ0) is 21.1. The molecule has 2 amide bonds. The summed E-state index contributed by atoms with van der Waals surface area (Å²) in [5.41, 5.74) is 1.79. The van der Waals surface area contributed by atoms with Crippen LogP contribution in [0.1, 0.15) is 50.7 Å². The van der Waals surface area contributed by atoms with Crippen molar-refractivity contribution in [3.8, 4) is 0 Å². The van der Waals surface area contributed by atoms with Gasteiger partial charge in [0, 0.05) is 25.9 Å². The molecule has 0 radical (unpaired) electrons. The minimum absolute atomic E-state index is 0.0982. The van der Waals surface area contributed by atoms with Crippen molar-refractivity contribution >= 4 is 11.8 Å². The molecule has 2 rings (SSSR count). The van der Waals surface area contributed by atoms with Crippen molar-refractivity contribution in [2.24, 2.45) is 0 Å². The van der Waals surface area contributed by atoms with Gasteiger partial charge in [-0.15, -0.1) is 0 Å². The third-order valence-electron chi connectivity index (χ3n) is 4.92. The summed E-state index contributed by atoms with van der Waals surface area (Å²) in [7, 11) is 0. The van der Waals surface area contributed by atoms with Crippen LogP contribution in [0, 0.1) is 5.82 Å². The smallest absolute Gasteiger partial charge is 0.243 e. The van der Waals surface area contributed by atoms with Crippen LogP contribution >= 0.6 is 0 Å². The number of benzene rings is 2. The lowest BCUT2D eigenvalue weighted by Crippen LogP contribution is -2.50. The van der Waals surface area contributed by atoms with Crippen molar-refractivity contribution in [2.45, 2.75) is 58.5 Å². The van der Waals surface area contributed by atoms with Gasteiger partial charge in [0.25, 0.3) is 0 Å². The van der Waals surface area contributed by atoms with E-state index in [1.807, 2.05) is 30.3 Å². The maximum absolute atomic E-state index is 13.3. The molecule has 2 aromatic carbocycles. The molecular weight excluding hydrogens is 367 g/mol. The molecule has 0 saturated heterocycles. The molecular formula is C24H31FN2O2. The Hall–Kier alpha value is -2.69. The fourth-order valence-corrected chi connectivity index (χ4v) is 3.25. The van der Waals surface area contributed by atoms with Gasteiger partial charge in [-0.25, -0.2) is 4.39 Å². The highest BCUT2D eigenvalue weighted by Gasteiger charge is 2.29. The molecule has 0 aliphatic carbocycles. The Morgan fingerprint density at radius 1 is 0.966 bits per heavy atom. The molecule has 1 N–H and O–H groups in total. The Morgan fingerprint density at radius 3 is 2.28 bits per heavy atom. The van der Waals surface area contributed by atoms with Gasteiger partial charge in [-0.1, -0.05) is 69.2 Å². The van der Waals surface area contributed by atoms with Crippen molar-refractivity contribution in [1.82, 2.24) is 10.2 Å². The van der Waals surface area contributed by atoms with Crippen LogP contribution in [0.4, 0.5) is 4.39 Å². The molecule has 0 bridgehead atoms. The summed E-state index contributed by atoms with van der Waals surface area (Å²) in [5, 5.41) is 3.00. The van der Waals surface area contributed by atoms with Crippen LogP contribution in [0.5, 0.6) is 0 Å². The summed E-state index contributed by atoms with van der Waals surface area (Å²) in [4.78, 5) is 27.4. The Bertz CT molecular complexity index is 762. The number of nitrogens with zero attached hydrogens (tertiary/aromatic N) is 1. The minimum Gasteiger partial charge on any atom is -0.354 e. The third-order valence-corrected chi connectivity index (χ3v) is 4.92. The predicted molar refractivity (Wildman–Crippen MR) is 114 cm³/mol. The van der Waals surface area contributed by atoms with Crippen LogP contribution in [0.3, 0.4) is 0 Å². The lowest BCUT2D eigenvalue weighted by atomic mass is 10.0. The summed E-state index contributed by atoms with van der Waals surface area (Å²) in [6.45, 7) is 4.78. The highest BCUT2D eigenvalue weighted by molar-refractivity contribution is 5.87. The summed E-state index contributed by atoms with van der Waals surface area (Å²) in [5.74, 6) is -0.565. The topological polar surface area (TPSA) is 49.4 Å². The molecule has 156 valence electrons. The van der Waals surface area contributed by atoms with E-state index in [1.165, 1.54) is 12.1 Å². The zero-order valence-corrected chi connectivity index (χ0v) is 17.4. The summed E-state index contributed by atoms with van der Waals surface area (Å²) in [6, 6.07) is 15.2. The van der Waals surface area contributed by atoms with E-state index < -0.39 is 6.04 Å². The van der Waals surface area contributed by atoms with Crippen LogP contribution in [0.25, 0.3) is 0 Å². The van der Waals surface area contributed by atoms with Crippen LogP contribution < -0.4 is 5.32 Å². The van der Waals surface area contributed by atoms with Crippen molar-refractivity contribution in [1.29, 1.82) is 0 Å². The lowest BCUT2D eigenvalue weighted by molar-refractivity contribution is -0.141. The van der Waals surface area contributed by atoms with Gasteiger partial charge in [-0.05, 0) is 29.7 Å². The van der Waals surface area contributed by atoms with E-state index in [0.29, 0.717) is 19.4 Å². The number of halogens is 1. The first-order chi connectivity index (χ1) is 14.0. The largest absolute Gasteiger partial charge is 0.354 e. The summed E-state index contributed by atoms with van der Waals surface area (Å²) >= 11 is 0. The Labute approximate surface area is 173 Å². The molecule has 0 aliphatic rings. The Balaban J connectivity index is 2.25. The average Bonchev–Trinajstić information content (AvgIpc) is 2.75. The summed E-state index contributed by atoms with van der Waals surface area (Å²) < 4.78 is 13.3. The minimum atomic E-state index is -0.614. The second kappa shape index (κ2) is 12.0. The monoisotopic (exact) mass is 398 g/mol. The number of carbonyl (C=O) groups is 2. The van der Waals surface area contributed by atoms with Crippen LogP contribution in [0.15, 0.2) is 54.6 Å². The fourth-order valence-electron chi connectivity index (χ4n) is 3.25. The predicted octanol–water partition coefficient (Wildman–Crippen LogP) is 4.48. The van der Waals surface area contributed by atoms with Crippen LogP contribution in [0.2, 0.25) is 0 Å². The number of hydrogen-bond acceptors (Lipinski definition) is 2. The molecule has 0 heterocycles. The van der Waals surface area contributed by atoms with Crippen molar-refractivity contribution in [2.75, 3.05) is 6.54 Å². The number of hydrogen-bond donors (Lipinski definition) is 1. The Kier molecular flexibility index (Phi) is 9.35.